The number of hydrogen-bond acceptors (Lipinski definition) is 6. The first-order valence-corrected chi connectivity index (χ1v) is 11.0. The summed E-state index contributed by atoms with van der Waals surface area (Å²) in [5, 5.41) is 8.89. The molecule has 9 heteroatoms. The van der Waals surface area contributed by atoms with Crippen LogP contribution in [0.5, 0.6) is 0 Å². The van der Waals surface area contributed by atoms with Crippen molar-refractivity contribution in [1.29, 1.82) is 0 Å². The molecule has 0 radical (unpaired) electrons. The summed E-state index contributed by atoms with van der Waals surface area (Å²) in [7, 11) is 0. The maximum Gasteiger partial charge on any atom is 0.283 e. The lowest BCUT2D eigenvalue weighted by atomic mass is 10.2. The average molecular weight is 457 g/mol. The van der Waals surface area contributed by atoms with Crippen LogP contribution in [0.2, 0.25) is 0 Å². The highest BCUT2D eigenvalue weighted by Gasteiger charge is 2.32. The van der Waals surface area contributed by atoms with Crippen LogP contribution in [0.4, 0.5) is 10.1 Å². The van der Waals surface area contributed by atoms with Gasteiger partial charge in [0.1, 0.15) is 17.0 Å². The monoisotopic (exact) mass is 457 g/mol. The van der Waals surface area contributed by atoms with Crippen molar-refractivity contribution < 1.29 is 9.18 Å². The molecule has 0 unspecified atom stereocenters. The predicted molar refractivity (Wildman–Crippen MR) is 127 cm³/mol. The molecule has 3 aromatic carbocycles. The van der Waals surface area contributed by atoms with Crippen LogP contribution in [-0.2, 0) is 10.7 Å². The molecule has 0 atom stereocenters. The van der Waals surface area contributed by atoms with E-state index in [1.165, 1.54) is 45.6 Å². The molecule has 0 fully saturated rings. The zero-order valence-corrected chi connectivity index (χ0v) is 17.9. The highest BCUT2D eigenvalue weighted by Crippen LogP contribution is 2.30. The molecule has 1 aliphatic heterocycles. The van der Waals surface area contributed by atoms with Crippen LogP contribution >= 0.6 is 11.8 Å². The predicted octanol–water partition coefficient (Wildman–Crippen LogP) is 4.07. The van der Waals surface area contributed by atoms with Gasteiger partial charge in [-0.15, -0.1) is 5.10 Å². The zero-order chi connectivity index (χ0) is 22.8. The summed E-state index contributed by atoms with van der Waals surface area (Å²) in [5.41, 5.74) is 1.77. The number of hydrogen-bond donors (Lipinski definition) is 0. The van der Waals surface area contributed by atoms with Gasteiger partial charge in [-0.05, 0) is 48.0 Å². The fourth-order valence-electron chi connectivity index (χ4n) is 3.34. The maximum atomic E-state index is 13.5. The molecule has 33 heavy (non-hydrogen) atoms. The number of nitrogens with zero attached hydrogens (tertiary/aromatic N) is 5. The highest BCUT2D eigenvalue weighted by molar-refractivity contribution is 8.13. The maximum absolute atomic E-state index is 13.5. The van der Waals surface area contributed by atoms with Crippen LogP contribution in [0.3, 0.4) is 0 Å². The molecule has 5 rings (SSSR count). The van der Waals surface area contributed by atoms with E-state index in [9.17, 15) is 14.0 Å². The number of halogens is 1. The summed E-state index contributed by atoms with van der Waals surface area (Å²) < 4.78 is 14.7. The number of anilines is 1. The number of rotatable bonds is 4. The Hall–Kier alpha value is -4.11. The number of benzene rings is 3. The second-order valence-electron chi connectivity index (χ2n) is 7.14. The van der Waals surface area contributed by atoms with E-state index in [-0.39, 0.29) is 23.0 Å². The smallest absolute Gasteiger partial charge is 0.267 e. The first-order chi connectivity index (χ1) is 16.1. The molecule has 4 aromatic rings. The number of fused-ring (bicyclic) bond motifs is 1. The summed E-state index contributed by atoms with van der Waals surface area (Å²) in [6.07, 6.45) is 1.69. The number of carbonyl (C=O) groups excluding carboxylic acids is 1. The fourth-order valence-corrected chi connectivity index (χ4v) is 4.23. The number of amides is 1. The molecule has 1 aliphatic rings. The number of carbonyl (C=O) groups is 1. The summed E-state index contributed by atoms with van der Waals surface area (Å²) in [6, 6.07) is 21.9. The van der Waals surface area contributed by atoms with Gasteiger partial charge in [0.15, 0.2) is 5.17 Å². The van der Waals surface area contributed by atoms with Gasteiger partial charge in [0, 0.05) is 0 Å². The number of thioether (sulfide) groups is 1. The van der Waals surface area contributed by atoms with Crippen LogP contribution in [0.1, 0.15) is 5.56 Å². The largest absolute Gasteiger partial charge is 0.283 e. The number of aromatic nitrogens is 3. The number of aliphatic imine (C=N–C) groups is 1. The Morgan fingerprint density at radius 2 is 1.64 bits per heavy atom. The molecule has 1 amide bonds. The van der Waals surface area contributed by atoms with E-state index in [4.69, 9.17) is 0 Å². The second kappa shape index (κ2) is 8.79. The van der Waals surface area contributed by atoms with Gasteiger partial charge < -0.3 is 0 Å². The van der Waals surface area contributed by atoms with Crippen molar-refractivity contribution in [1.82, 2.24) is 15.0 Å². The molecule has 2 heterocycles. The van der Waals surface area contributed by atoms with Crippen molar-refractivity contribution in [3.63, 3.8) is 0 Å². The quantitative estimate of drug-likeness (QED) is 0.432. The van der Waals surface area contributed by atoms with Gasteiger partial charge in [-0.3, -0.25) is 14.5 Å². The summed E-state index contributed by atoms with van der Waals surface area (Å²) >= 11 is 1.17. The topological polar surface area (TPSA) is 80.5 Å². The Kier molecular flexibility index (Phi) is 5.54. The molecule has 0 bridgehead atoms. The van der Waals surface area contributed by atoms with Crippen molar-refractivity contribution in [2.24, 2.45) is 4.99 Å². The minimum Gasteiger partial charge on any atom is -0.267 e. The van der Waals surface area contributed by atoms with Crippen molar-refractivity contribution in [3.05, 3.63) is 106 Å². The second-order valence-corrected chi connectivity index (χ2v) is 8.05. The van der Waals surface area contributed by atoms with Gasteiger partial charge in [-0.1, -0.05) is 59.4 Å². The molecule has 0 aliphatic carbocycles. The zero-order valence-electron chi connectivity index (χ0n) is 17.1. The van der Waals surface area contributed by atoms with E-state index < -0.39 is 5.82 Å². The lowest BCUT2D eigenvalue weighted by Crippen LogP contribution is -2.31. The van der Waals surface area contributed by atoms with Gasteiger partial charge in [0.2, 0.25) is 0 Å². The SMILES string of the molecule is O=C1C(=Cc2ccccc2)N=C(SCn2nnc3ccccc3c2=O)N1c1ccc(F)cc1. The van der Waals surface area contributed by atoms with Gasteiger partial charge in [-0.25, -0.2) is 9.38 Å². The standard InChI is InChI=1S/C24H16FN5O2S/c25-17-10-12-18(13-11-17)30-23(32)21(14-16-6-2-1-3-7-16)26-24(30)33-15-29-22(31)19-8-4-5-9-20(19)27-28-29/h1-14H,15H2. The third-order valence-electron chi connectivity index (χ3n) is 4.96. The van der Waals surface area contributed by atoms with Gasteiger partial charge >= 0.3 is 0 Å². The summed E-state index contributed by atoms with van der Waals surface area (Å²) in [5.74, 6) is -0.654. The Morgan fingerprint density at radius 3 is 2.42 bits per heavy atom. The van der Waals surface area contributed by atoms with Crippen LogP contribution < -0.4 is 10.5 Å². The van der Waals surface area contributed by atoms with Crippen molar-refractivity contribution in [2.75, 3.05) is 4.90 Å². The Labute approximate surface area is 191 Å². The molecule has 162 valence electrons. The van der Waals surface area contributed by atoms with E-state index in [0.29, 0.717) is 21.8 Å². The number of amidine groups is 1. The van der Waals surface area contributed by atoms with Gasteiger partial charge in [0.25, 0.3) is 11.5 Å². The normalized spacial score (nSPS) is 14.8. The Morgan fingerprint density at radius 1 is 0.909 bits per heavy atom. The van der Waals surface area contributed by atoms with Crippen LogP contribution in [0.15, 0.2) is 94.3 Å². The molecule has 0 saturated heterocycles. The van der Waals surface area contributed by atoms with Crippen LogP contribution in [-0.4, -0.2) is 26.1 Å². The fraction of sp³-hybridized carbons (Fsp3) is 0.0417. The van der Waals surface area contributed by atoms with E-state index >= 15 is 0 Å². The lowest BCUT2D eigenvalue weighted by Gasteiger charge is -2.17. The molecular formula is C24H16FN5O2S. The van der Waals surface area contributed by atoms with Gasteiger partial charge in [-0.2, -0.15) is 4.68 Å². The molecule has 0 spiro atoms. The van der Waals surface area contributed by atoms with Crippen LogP contribution in [0, 0.1) is 5.82 Å². The Bertz CT molecular complexity index is 1470. The molecule has 1 aromatic heterocycles. The summed E-state index contributed by atoms with van der Waals surface area (Å²) in [6.45, 7) is 0. The van der Waals surface area contributed by atoms with Gasteiger partial charge in [0.05, 0.1) is 17.0 Å². The first kappa shape index (κ1) is 20.8. The van der Waals surface area contributed by atoms with E-state index in [1.54, 1.807) is 30.3 Å². The third-order valence-corrected chi connectivity index (χ3v) is 5.87. The Balaban J connectivity index is 1.49. The molecular weight excluding hydrogens is 441 g/mol. The highest BCUT2D eigenvalue weighted by atomic mass is 32.2. The molecule has 0 N–H and O–H groups in total. The third kappa shape index (κ3) is 4.18. The van der Waals surface area contributed by atoms with E-state index in [0.717, 1.165) is 5.56 Å². The van der Waals surface area contributed by atoms with Crippen molar-refractivity contribution >= 4 is 45.5 Å². The van der Waals surface area contributed by atoms with E-state index in [1.807, 2.05) is 30.3 Å². The molecule has 7 nitrogen and oxygen atoms in total. The van der Waals surface area contributed by atoms with Crippen molar-refractivity contribution in [2.45, 2.75) is 5.88 Å². The minimum absolute atomic E-state index is 0.0963. The summed E-state index contributed by atoms with van der Waals surface area (Å²) in [4.78, 5) is 31.9. The average Bonchev–Trinajstić information content (AvgIpc) is 3.15. The minimum atomic E-state index is -0.408. The lowest BCUT2D eigenvalue weighted by molar-refractivity contribution is -0.113. The van der Waals surface area contributed by atoms with Crippen LogP contribution in [0.25, 0.3) is 17.0 Å². The van der Waals surface area contributed by atoms with Crippen molar-refractivity contribution in [3.8, 4) is 0 Å². The van der Waals surface area contributed by atoms with E-state index in [2.05, 4.69) is 15.3 Å². The first-order valence-electron chi connectivity index (χ1n) is 10.0. The molecule has 0 saturated carbocycles.